The Hall–Kier alpha value is -2.90. The smallest absolute Gasteiger partial charge is 0.363 e. The number of nitro groups is 1. The zero-order valence-electron chi connectivity index (χ0n) is 13.2. The number of benzene rings is 2. The number of nitro benzene ring substituents is 1. The lowest BCUT2D eigenvalue weighted by Gasteiger charge is -2.03. The number of ether oxygens (including phenoxy) is 2. The maximum absolute atomic E-state index is 12.0. The van der Waals surface area contributed by atoms with Gasteiger partial charge in [0, 0.05) is 21.7 Å². The molecule has 2 aromatic rings. The first-order valence-corrected chi connectivity index (χ1v) is 7.95. The molecule has 26 heavy (non-hydrogen) atoms. The molecule has 0 saturated heterocycles. The van der Waals surface area contributed by atoms with E-state index in [1.165, 1.54) is 37.5 Å². The maximum Gasteiger partial charge on any atom is 0.363 e. The first-order chi connectivity index (χ1) is 12.4. The van der Waals surface area contributed by atoms with Crippen molar-refractivity contribution in [2.75, 3.05) is 7.11 Å². The summed E-state index contributed by atoms with van der Waals surface area (Å²) >= 11 is 11.9. The van der Waals surface area contributed by atoms with Gasteiger partial charge in [0.15, 0.2) is 11.4 Å². The van der Waals surface area contributed by atoms with Crippen LogP contribution in [0.1, 0.15) is 11.1 Å². The van der Waals surface area contributed by atoms with Gasteiger partial charge in [-0.25, -0.2) is 9.79 Å². The monoisotopic (exact) mass is 392 g/mol. The first kappa shape index (κ1) is 17.9. The number of methoxy groups -OCH3 is 1. The van der Waals surface area contributed by atoms with Crippen LogP contribution in [-0.2, 0) is 9.53 Å². The zero-order chi connectivity index (χ0) is 18.8. The van der Waals surface area contributed by atoms with Gasteiger partial charge in [0.2, 0.25) is 5.90 Å². The number of cyclic esters (lactones) is 1. The van der Waals surface area contributed by atoms with Crippen molar-refractivity contribution in [3.05, 3.63) is 73.4 Å². The molecule has 1 aliphatic heterocycles. The molecule has 0 fully saturated rings. The number of carbonyl (C=O) groups excluding carboxylic acids is 1. The standard InChI is InChI=1S/C17H10Cl2N2O5/c1-25-15-5-3-10(7-14(15)21(23)24)16-20-13(17(22)26-16)6-9-2-4-11(18)8-12(9)19/h2-8H,1H3/b13-6-. The normalized spacial score (nSPS) is 15.0. The molecule has 0 bridgehead atoms. The van der Waals surface area contributed by atoms with Crippen LogP contribution >= 0.6 is 23.2 Å². The molecule has 0 unspecified atom stereocenters. The molecule has 132 valence electrons. The lowest BCUT2D eigenvalue weighted by atomic mass is 10.2. The third kappa shape index (κ3) is 3.54. The summed E-state index contributed by atoms with van der Waals surface area (Å²) in [5, 5.41) is 11.9. The van der Waals surface area contributed by atoms with Crippen molar-refractivity contribution in [1.29, 1.82) is 0 Å². The van der Waals surface area contributed by atoms with Crippen LogP contribution in [0, 0.1) is 10.1 Å². The topological polar surface area (TPSA) is 91.0 Å². The molecule has 0 saturated carbocycles. The van der Waals surface area contributed by atoms with Crippen LogP contribution in [0.15, 0.2) is 47.1 Å². The van der Waals surface area contributed by atoms with E-state index in [9.17, 15) is 14.9 Å². The number of esters is 1. The summed E-state index contributed by atoms with van der Waals surface area (Å²) in [6, 6.07) is 8.93. The molecule has 2 aromatic carbocycles. The minimum Gasteiger partial charge on any atom is -0.490 e. The third-order valence-electron chi connectivity index (χ3n) is 3.50. The van der Waals surface area contributed by atoms with E-state index in [-0.39, 0.29) is 28.6 Å². The van der Waals surface area contributed by atoms with Crippen LogP contribution < -0.4 is 4.74 Å². The average Bonchev–Trinajstić information content (AvgIpc) is 2.97. The van der Waals surface area contributed by atoms with Crippen molar-refractivity contribution in [1.82, 2.24) is 0 Å². The molecule has 1 heterocycles. The average molecular weight is 393 g/mol. The number of hydrogen-bond acceptors (Lipinski definition) is 6. The molecule has 0 aliphatic carbocycles. The number of hydrogen-bond donors (Lipinski definition) is 0. The van der Waals surface area contributed by atoms with E-state index in [0.29, 0.717) is 15.6 Å². The highest BCUT2D eigenvalue weighted by molar-refractivity contribution is 6.35. The Morgan fingerprint density at radius 3 is 2.65 bits per heavy atom. The van der Waals surface area contributed by atoms with Crippen molar-refractivity contribution < 1.29 is 19.2 Å². The van der Waals surface area contributed by atoms with Crippen molar-refractivity contribution in [2.45, 2.75) is 0 Å². The van der Waals surface area contributed by atoms with Gasteiger partial charge in [-0.2, -0.15) is 0 Å². The predicted molar refractivity (Wildman–Crippen MR) is 96.7 cm³/mol. The molecule has 7 nitrogen and oxygen atoms in total. The molecule has 0 N–H and O–H groups in total. The van der Waals surface area contributed by atoms with Crippen LogP contribution in [0.2, 0.25) is 10.0 Å². The predicted octanol–water partition coefficient (Wildman–Crippen LogP) is 4.25. The minimum atomic E-state index is -0.690. The Morgan fingerprint density at radius 2 is 2.00 bits per heavy atom. The first-order valence-electron chi connectivity index (χ1n) is 7.19. The quantitative estimate of drug-likeness (QED) is 0.335. The van der Waals surface area contributed by atoms with Gasteiger partial charge in [0.1, 0.15) is 0 Å². The maximum atomic E-state index is 12.0. The summed E-state index contributed by atoms with van der Waals surface area (Å²) in [6.45, 7) is 0. The second kappa shape index (κ2) is 7.15. The molecule has 9 heteroatoms. The van der Waals surface area contributed by atoms with E-state index < -0.39 is 10.9 Å². The van der Waals surface area contributed by atoms with E-state index in [4.69, 9.17) is 32.7 Å². The van der Waals surface area contributed by atoms with Crippen molar-refractivity contribution >= 4 is 46.8 Å². The Balaban J connectivity index is 1.99. The molecule has 0 atom stereocenters. The van der Waals surface area contributed by atoms with Gasteiger partial charge in [-0.3, -0.25) is 10.1 Å². The summed E-state index contributed by atoms with van der Waals surface area (Å²) in [4.78, 5) is 26.7. The Morgan fingerprint density at radius 1 is 1.23 bits per heavy atom. The Kier molecular flexibility index (Phi) is 4.92. The number of rotatable bonds is 4. The van der Waals surface area contributed by atoms with E-state index in [2.05, 4.69) is 4.99 Å². The highest BCUT2D eigenvalue weighted by Gasteiger charge is 2.26. The van der Waals surface area contributed by atoms with Crippen LogP contribution in [0.25, 0.3) is 6.08 Å². The van der Waals surface area contributed by atoms with Crippen LogP contribution in [-0.4, -0.2) is 23.9 Å². The highest BCUT2D eigenvalue weighted by Crippen LogP contribution is 2.30. The number of carbonyl (C=O) groups is 1. The summed E-state index contributed by atoms with van der Waals surface area (Å²) in [5.41, 5.74) is 0.565. The van der Waals surface area contributed by atoms with Gasteiger partial charge in [0.25, 0.3) is 0 Å². The number of nitrogens with zero attached hydrogens (tertiary/aromatic N) is 2. The highest BCUT2D eigenvalue weighted by atomic mass is 35.5. The molecular formula is C17H10Cl2N2O5. The number of halogens is 2. The van der Waals surface area contributed by atoms with Gasteiger partial charge >= 0.3 is 11.7 Å². The fourth-order valence-corrected chi connectivity index (χ4v) is 2.73. The molecule has 1 aliphatic rings. The minimum absolute atomic E-state index is 0.0164. The fraction of sp³-hybridized carbons (Fsp3) is 0.0588. The van der Waals surface area contributed by atoms with E-state index in [1.807, 2.05) is 0 Å². The molecule has 0 spiro atoms. The van der Waals surface area contributed by atoms with Gasteiger partial charge in [0.05, 0.1) is 12.0 Å². The molecule has 0 amide bonds. The van der Waals surface area contributed by atoms with Crippen LogP contribution in [0.5, 0.6) is 5.75 Å². The Bertz CT molecular complexity index is 985. The van der Waals surface area contributed by atoms with Crippen molar-refractivity contribution in [3.63, 3.8) is 0 Å². The van der Waals surface area contributed by atoms with E-state index in [1.54, 1.807) is 12.1 Å². The summed E-state index contributed by atoms with van der Waals surface area (Å²) in [7, 11) is 1.33. The Labute approximate surface area is 157 Å². The SMILES string of the molecule is COc1ccc(C2=N/C(=C\c3ccc(Cl)cc3Cl)C(=O)O2)cc1[N+](=O)[O-]. The molecule has 3 rings (SSSR count). The second-order valence-electron chi connectivity index (χ2n) is 5.15. The molecule has 0 aromatic heterocycles. The molecule has 0 radical (unpaired) electrons. The number of aliphatic imine (C=N–C) groups is 1. The summed E-state index contributed by atoms with van der Waals surface area (Å²) in [5.74, 6) is -0.644. The lowest BCUT2D eigenvalue weighted by molar-refractivity contribution is -0.385. The zero-order valence-corrected chi connectivity index (χ0v) is 14.7. The lowest BCUT2D eigenvalue weighted by Crippen LogP contribution is -2.06. The van der Waals surface area contributed by atoms with E-state index >= 15 is 0 Å². The van der Waals surface area contributed by atoms with Crippen molar-refractivity contribution in [3.8, 4) is 5.75 Å². The third-order valence-corrected chi connectivity index (χ3v) is 4.06. The van der Waals surface area contributed by atoms with Crippen LogP contribution in [0.4, 0.5) is 5.69 Å². The largest absolute Gasteiger partial charge is 0.490 e. The van der Waals surface area contributed by atoms with Crippen LogP contribution in [0.3, 0.4) is 0 Å². The van der Waals surface area contributed by atoms with Gasteiger partial charge < -0.3 is 9.47 Å². The van der Waals surface area contributed by atoms with Crippen molar-refractivity contribution in [2.24, 2.45) is 4.99 Å². The fourth-order valence-electron chi connectivity index (χ4n) is 2.26. The second-order valence-corrected chi connectivity index (χ2v) is 5.99. The molecular weight excluding hydrogens is 383 g/mol. The van der Waals surface area contributed by atoms with Gasteiger partial charge in [-0.15, -0.1) is 0 Å². The summed E-state index contributed by atoms with van der Waals surface area (Å²) < 4.78 is 10.1. The van der Waals surface area contributed by atoms with Gasteiger partial charge in [-0.05, 0) is 35.9 Å². The summed E-state index contributed by atoms with van der Waals surface area (Å²) in [6.07, 6.45) is 1.45. The van der Waals surface area contributed by atoms with E-state index in [0.717, 1.165) is 0 Å². The van der Waals surface area contributed by atoms with Gasteiger partial charge in [-0.1, -0.05) is 29.3 Å².